The number of anilines is 1. The Bertz CT molecular complexity index is 2390. The number of carbonyl (C=O) groups excluding carboxylic acids is 2. The minimum Gasteiger partial charge on any atom is -0.496 e. The molecule has 56 heavy (non-hydrogen) atoms. The number of alkyl halides is 2. The number of nitrogens with one attached hydrogen (secondary N) is 2. The summed E-state index contributed by atoms with van der Waals surface area (Å²) in [5.74, 6) is -3.82. The molecule has 2 N–H and O–H groups in total. The molecule has 5 heterocycles. The number of hydrogen-bond acceptors (Lipinski definition) is 8. The second-order valence-corrected chi connectivity index (χ2v) is 15.5. The number of halogens is 3. The van der Waals surface area contributed by atoms with E-state index < -0.39 is 17.9 Å². The van der Waals surface area contributed by atoms with Crippen LogP contribution in [0.15, 0.2) is 84.0 Å². The number of amides is 2. The summed E-state index contributed by atoms with van der Waals surface area (Å²) in [5.41, 5.74) is 7.15. The van der Waals surface area contributed by atoms with Crippen molar-refractivity contribution in [3.63, 3.8) is 0 Å². The van der Waals surface area contributed by atoms with E-state index in [2.05, 4.69) is 32.7 Å². The molecule has 0 bridgehead atoms. The molecule has 2 amide bonds. The topological polar surface area (TPSA) is 109 Å². The predicted molar refractivity (Wildman–Crippen MR) is 212 cm³/mol. The summed E-state index contributed by atoms with van der Waals surface area (Å²) in [6, 6.07) is 18.3. The van der Waals surface area contributed by atoms with Gasteiger partial charge in [0.1, 0.15) is 11.8 Å². The minimum absolute atomic E-state index is 0.121. The van der Waals surface area contributed by atoms with E-state index >= 15 is 8.78 Å². The second kappa shape index (κ2) is 15.4. The lowest BCUT2D eigenvalue weighted by atomic mass is 9.85. The number of aryl methyl sites for hydroxylation is 1. The molecule has 290 valence electrons. The van der Waals surface area contributed by atoms with Crippen LogP contribution in [0.1, 0.15) is 53.0 Å². The van der Waals surface area contributed by atoms with Crippen LogP contribution in [-0.2, 0) is 42.7 Å². The van der Waals surface area contributed by atoms with Gasteiger partial charge in [-0.3, -0.25) is 34.5 Å². The van der Waals surface area contributed by atoms with Crippen LogP contribution in [0.2, 0.25) is 5.02 Å². The Kier molecular flexibility index (Phi) is 10.4. The molecular formula is C43H43ClF2N6O4. The van der Waals surface area contributed by atoms with Crippen molar-refractivity contribution in [2.75, 3.05) is 32.1 Å². The van der Waals surface area contributed by atoms with Crippen LogP contribution in [0.4, 0.5) is 14.5 Å². The number of carbonyl (C=O) groups is 2. The van der Waals surface area contributed by atoms with E-state index in [1.165, 1.54) is 11.1 Å². The Morgan fingerprint density at radius 3 is 2.57 bits per heavy atom. The van der Waals surface area contributed by atoms with Crippen LogP contribution in [0.3, 0.4) is 0 Å². The molecular weight excluding hydrogens is 738 g/mol. The molecule has 0 aliphatic carbocycles. The van der Waals surface area contributed by atoms with Gasteiger partial charge in [-0.1, -0.05) is 41.9 Å². The first-order chi connectivity index (χ1) is 27.0. The fraction of sp³-hybridized carbons (Fsp3) is 0.349. The molecule has 0 saturated carbocycles. The molecule has 5 aromatic rings. The van der Waals surface area contributed by atoms with Crippen molar-refractivity contribution in [3.05, 3.63) is 122 Å². The minimum atomic E-state index is -2.92. The maximum absolute atomic E-state index is 15.8. The maximum Gasteiger partial charge on any atom is 0.267 e. The number of aromatic nitrogens is 2. The van der Waals surface area contributed by atoms with Crippen molar-refractivity contribution < 1.29 is 23.1 Å². The monoisotopic (exact) mass is 780 g/mol. The highest BCUT2D eigenvalue weighted by atomic mass is 35.5. The molecule has 3 aliphatic heterocycles. The van der Waals surface area contributed by atoms with Crippen molar-refractivity contribution in [1.29, 1.82) is 0 Å². The third-order valence-electron chi connectivity index (χ3n) is 11.5. The zero-order valence-corrected chi connectivity index (χ0v) is 32.0. The Morgan fingerprint density at radius 1 is 0.982 bits per heavy atom. The van der Waals surface area contributed by atoms with Crippen molar-refractivity contribution in [2.45, 2.75) is 63.2 Å². The normalized spacial score (nSPS) is 20.1. The highest BCUT2D eigenvalue weighted by Crippen LogP contribution is 2.42. The first kappa shape index (κ1) is 37.7. The number of fused-ring (bicyclic) bond motifs is 2. The maximum atomic E-state index is 15.8. The fourth-order valence-electron chi connectivity index (χ4n) is 8.54. The molecule has 13 heteroatoms. The van der Waals surface area contributed by atoms with Crippen molar-refractivity contribution in [1.82, 2.24) is 24.7 Å². The van der Waals surface area contributed by atoms with Crippen LogP contribution in [0.5, 0.6) is 5.75 Å². The van der Waals surface area contributed by atoms with Crippen molar-refractivity contribution in [3.8, 4) is 16.9 Å². The molecule has 2 aromatic heterocycles. The fourth-order valence-corrected chi connectivity index (χ4v) is 8.81. The van der Waals surface area contributed by atoms with E-state index in [-0.39, 0.29) is 30.3 Å². The summed E-state index contributed by atoms with van der Waals surface area (Å²) in [7, 11) is 3.35. The lowest BCUT2D eigenvalue weighted by Crippen LogP contribution is -2.47. The Labute approximate surface area is 328 Å². The average Bonchev–Trinajstić information content (AvgIpc) is 3.18. The molecule has 10 nitrogen and oxygen atoms in total. The standard InChI is InChI=1S/C43H43ClF2N6O4/c1-50-23-34(32-12-15-47-20-33(32)42(50)55)29-18-37(44)35(39(19-29)56-2)24-51-16-13-31-27(21-51)4-3-5-28(31)22-52-17-14-36(43(45,46)25-52)26-6-8-30(9-7-26)48-38-10-11-40(53)49-41(38)54/h3-9,12,15,18-20,23,36,38,48H,10-11,13-14,16-17,21-22,24-25H2,1-2H3,(H,49,53,54). The van der Waals surface area contributed by atoms with E-state index in [1.807, 2.05) is 35.4 Å². The van der Waals surface area contributed by atoms with Gasteiger partial charge in [0, 0.05) is 80.1 Å². The van der Waals surface area contributed by atoms with Gasteiger partial charge in [0.25, 0.3) is 11.5 Å². The van der Waals surface area contributed by atoms with E-state index in [0.717, 1.165) is 40.6 Å². The lowest BCUT2D eigenvalue weighted by Gasteiger charge is -2.39. The number of rotatable bonds is 9. The van der Waals surface area contributed by atoms with Gasteiger partial charge in [-0.25, -0.2) is 8.78 Å². The molecule has 8 rings (SSSR count). The number of pyridine rings is 2. The highest BCUT2D eigenvalue weighted by molar-refractivity contribution is 6.32. The molecule has 2 saturated heterocycles. The van der Waals surface area contributed by atoms with Crippen molar-refractivity contribution in [2.24, 2.45) is 7.05 Å². The molecule has 2 atom stereocenters. The van der Waals surface area contributed by atoms with Crippen LogP contribution in [0.25, 0.3) is 21.9 Å². The number of methoxy groups -OCH3 is 1. The van der Waals surface area contributed by atoms with E-state index in [1.54, 1.807) is 55.4 Å². The van der Waals surface area contributed by atoms with Crippen LogP contribution >= 0.6 is 11.6 Å². The number of imide groups is 1. The summed E-state index contributed by atoms with van der Waals surface area (Å²) in [5, 5.41) is 7.33. The lowest BCUT2D eigenvalue weighted by molar-refractivity contribution is -0.133. The first-order valence-electron chi connectivity index (χ1n) is 18.9. The highest BCUT2D eigenvalue weighted by Gasteiger charge is 2.45. The number of benzene rings is 3. The quantitative estimate of drug-likeness (QED) is 0.160. The Morgan fingerprint density at radius 2 is 1.80 bits per heavy atom. The smallest absolute Gasteiger partial charge is 0.267 e. The largest absolute Gasteiger partial charge is 0.496 e. The van der Waals surface area contributed by atoms with Gasteiger partial charge in [0.05, 0.1) is 25.0 Å². The summed E-state index contributed by atoms with van der Waals surface area (Å²) < 4.78 is 39.0. The van der Waals surface area contributed by atoms with E-state index in [4.69, 9.17) is 16.3 Å². The molecule has 3 aromatic carbocycles. The summed E-state index contributed by atoms with van der Waals surface area (Å²) in [6.07, 6.45) is 6.83. The number of likely N-dealkylation sites (tertiary alicyclic amines) is 1. The third kappa shape index (κ3) is 7.53. The zero-order chi connectivity index (χ0) is 39.1. The van der Waals surface area contributed by atoms with Gasteiger partial charge in [-0.15, -0.1) is 0 Å². The number of hydrogen-bond donors (Lipinski definition) is 2. The van der Waals surface area contributed by atoms with E-state index in [0.29, 0.717) is 66.4 Å². The molecule has 0 radical (unpaired) electrons. The van der Waals surface area contributed by atoms with Crippen LogP contribution < -0.4 is 20.9 Å². The van der Waals surface area contributed by atoms with Gasteiger partial charge in [-0.2, -0.15) is 0 Å². The average molecular weight is 781 g/mol. The van der Waals surface area contributed by atoms with Gasteiger partial charge in [-0.05, 0) is 89.3 Å². The molecule has 2 fully saturated rings. The third-order valence-corrected chi connectivity index (χ3v) is 11.8. The zero-order valence-electron chi connectivity index (χ0n) is 31.3. The summed E-state index contributed by atoms with van der Waals surface area (Å²) >= 11 is 6.98. The van der Waals surface area contributed by atoms with Gasteiger partial charge < -0.3 is 14.6 Å². The van der Waals surface area contributed by atoms with Crippen LogP contribution in [0, 0.1) is 0 Å². The summed E-state index contributed by atoms with van der Waals surface area (Å²) in [4.78, 5) is 44.7. The number of piperidine rings is 2. The van der Waals surface area contributed by atoms with Gasteiger partial charge >= 0.3 is 0 Å². The van der Waals surface area contributed by atoms with Gasteiger partial charge in [0.15, 0.2) is 0 Å². The second-order valence-electron chi connectivity index (χ2n) is 15.1. The molecule has 3 aliphatic rings. The van der Waals surface area contributed by atoms with Crippen LogP contribution in [-0.4, -0.2) is 69.9 Å². The number of nitrogens with zero attached hydrogens (tertiary/aromatic N) is 4. The predicted octanol–water partition coefficient (Wildman–Crippen LogP) is 6.66. The Hall–Kier alpha value is -5.17. The van der Waals surface area contributed by atoms with Crippen molar-refractivity contribution >= 4 is 39.9 Å². The summed E-state index contributed by atoms with van der Waals surface area (Å²) in [6.45, 7) is 2.71. The van der Waals surface area contributed by atoms with Gasteiger partial charge in [0.2, 0.25) is 11.8 Å². The first-order valence-corrected chi connectivity index (χ1v) is 19.3. The molecule has 0 spiro atoms. The number of ether oxygens (including phenoxy) is 1. The molecule has 2 unspecified atom stereocenters. The SMILES string of the molecule is COc1cc(-c2cn(C)c(=O)c3cnccc23)cc(Cl)c1CN1CCc2c(cccc2CN2CCC(c3ccc(NC4CCC(=O)NC4=O)cc3)C(F)(F)C2)C1. The van der Waals surface area contributed by atoms with E-state index in [9.17, 15) is 14.4 Å². The Balaban J connectivity index is 0.922.